The van der Waals surface area contributed by atoms with E-state index < -0.39 is 0 Å². The summed E-state index contributed by atoms with van der Waals surface area (Å²) in [5, 5.41) is 5.01. The highest BCUT2D eigenvalue weighted by Gasteiger charge is 2.39. The first-order chi connectivity index (χ1) is 33.0. The van der Waals surface area contributed by atoms with E-state index in [1.807, 2.05) is 0 Å². The summed E-state index contributed by atoms with van der Waals surface area (Å²) in [5.74, 6) is 0. The van der Waals surface area contributed by atoms with Crippen LogP contribution in [0.3, 0.4) is 0 Å². The van der Waals surface area contributed by atoms with Crippen LogP contribution in [0.1, 0.15) is 71.2 Å². The van der Waals surface area contributed by atoms with Gasteiger partial charge in [-0.2, -0.15) is 0 Å². The third-order valence-electron chi connectivity index (χ3n) is 15.3. The van der Waals surface area contributed by atoms with E-state index in [2.05, 4.69) is 230 Å². The lowest BCUT2D eigenvalue weighted by atomic mass is 9.79. The van der Waals surface area contributed by atoms with E-state index in [9.17, 15) is 0 Å². The van der Waals surface area contributed by atoms with Crippen molar-refractivity contribution >= 4 is 67.7 Å². The van der Waals surface area contributed by atoms with Crippen molar-refractivity contribution in [2.75, 3.05) is 9.80 Å². The molecule has 0 aromatic heterocycles. The van der Waals surface area contributed by atoms with Gasteiger partial charge in [-0.3, -0.25) is 0 Å². The summed E-state index contributed by atoms with van der Waals surface area (Å²) >= 11 is 0. The Morgan fingerprint density at radius 3 is 1.64 bits per heavy atom. The first-order valence-electron chi connectivity index (χ1n) is 24.2. The fourth-order valence-corrected chi connectivity index (χ4v) is 11.9. The number of nitrogens with zero attached hydrogens (tertiary/aromatic N) is 2. The summed E-state index contributed by atoms with van der Waals surface area (Å²) in [4.78, 5) is 5.04. The second-order valence-electron chi connectivity index (χ2n) is 19.5. The molecule has 322 valence electrons. The topological polar surface area (TPSA) is 6.48 Å². The number of rotatable bonds is 5. The molecule has 9 aromatic carbocycles. The fourth-order valence-electron chi connectivity index (χ4n) is 11.9. The van der Waals surface area contributed by atoms with Gasteiger partial charge in [0.2, 0.25) is 0 Å². The van der Waals surface area contributed by atoms with Crippen molar-refractivity contribution in [3.05, 3.63) is 250 Å². The number of hydrogen-bond acceptors (Lipinski definition) is 2. The van der Waals surface area contributed by atoms with Gasteiger partial charge in [-0.15, -0.1) is 0 Å². The standard InChI is InChI=1S/C65H52N2/c1-65(2)59-39-43(24-36-57(59)58-38-35-53(42-60(58)65)67-63-21-11-5-15-47(63)28-29-48-16-6-12-22-64(48)67)23-25-44-33-37-55(56-18-8-7-17-54(44)56)51-31-30-50-41-52(34-32-49(50)40-51)66-61-19-9-3-13-45(61)26-27-46-14-4-10-20-62(46)66/h3-25,30-34,36-37,39-42H,26-29,35,38H2,1-2H3/b25-23+. The molecule has 0 radical (unpaired) electrons. The molecule has 0 saturated heterocycles. The van der Waals surface area contributed by atoms with Crippen molar-refractivity contribution < 1.29 is 0 Å². The Morgan fingerprint density at radius 2 is 0.985 bits per heavy atom. The number of hydrogen-bond donors (Lipinski definition) is 0. The molecule has 0 fully saturated rings. The van der Waals surface area contributed by atoms with Gasteiger partial charge in [0.05, 0.1) is 0 Å². The molecule has 0 bridgehead atoms. The van der Waals surface area contributed by atoms with Gasteiger partial charge in [-0.25, -0.2) is 0 Å². The molecule has 2 aliphatic heterocycles. The van der Waals surface area contributed by atoms with Gasteiger partial charge < -0.3 is 9.80 Å². The molecule has 2 nitrogen and oxygen atoms in total. The van der Waals surface area contributed by atoms with Crippen LogP contribution in [-0.2, 0) is 31.1 Å². The zero-order valence-corrected chi connectivity index (χ0v) is 38.3. The first-order valence-corrected chi connectivity index (χ1v) is 24.2. The first kappa shape index (κ1) is 39.7. The van der Waals surface area contributed by atoms with Gasteiger partial charge in [0.15, 0.2) is 0 Å². The molecule has 67 heavy (non-hydrogen) atoms. The highest BCUT2D eigenvalue weighted by Crippen LogP contribution is 2.53. The minimum atomic E-state index is -0.107. The van der Waals surface area contributed by atoms with Crippen molar-refractivity contribution in [1.82, 2.24) is 0 Å². The molecule has 0 spiro atoms. The van der Waals surface area contributed by atoms with Crippen molar-refractivity contribution in [1.29, 1.82) is 0 Å². The van der Waals surface area contributed by atoms with Crippen molar-refractivity contribution in [2.24, 2.45) is 0 Å². The lowest BCUT2D eigenvalue weighted by molar-refractivity contribution is 0.648. The predicted octanol–water partition coefficient (Wildman–Crippen LogP) is 17.1. The third kappa shape index (κ3) is 6.61. The van der Waals surface area contributed by atoms with Gasteiger partial charge in [0, 0.05) is 39.5 Å². The van der Waals surface area contributed by atoms with Crippen molar-refractivity contribution in [3.8, 4) is 11.1 Å². The molecule has 0 N–H and O–H groups in total. The second kappa shape index (κ2) is 15.7. The number of para-hydroxylation sites is 4. The molecule has 4 aliphatic rings. The maximum absolute atomic E-state index is 2.58. The summed E-state index contributed by atoms with van der Waals surface area (Å²) in [7, 11) is 0. The van der Waals surface area contributed by atoms with E-state index in [0.29, 0.717) is 0 Å². The smallest absolute Gasteiger partial charge is 0.0493 e. The van der Waals surface area contributed by atoms with Gasteiger partial charge in [-0.05, 0) is 175 Å². The van der Waals surface area contributed by atoms with E-state index in [1.54, 1.807) is 0 Å². The van der Waals surface area contributed by atoms with E-state index in [1.165, 1.54) is 122 Å². The van der Waals surface area contributed by atoms with Gasteiger partial charge in [0.1, 0.15) is 0 Å². The van der Waals surface area contributed by atoms with E-state index in [0.717, 1.165) is 38.5 Å². The minimum absolute atomic E-state index is 0.107. The Morgan fingerprint density at radius 1 is 0.433 bits per heavy atom. The zero-order valence-electron chi connectivity index (χ0n) is 38.3. The quantitative estimate of drug-likeness (QED) is 0.159. The van der Waals surface area contributed by atoms with Gasteiger partial charge >= 0.3 is 0 Å². The molecule has 2 aliphatic carbocycles. The SMILES string of the molecule is CC1(C)C2=C(CCC(N3c4ccccc4CCc4ccccc43)=C2)c2ccc(/C=C/c3ccc(-c4ccc5cc(N6c7ccccc7CCc7ccccc76)ccc5c4)c4ccccc34)cc21. The molecular formula is C65H52N2. The van der Waals surface area contributed by atoms with Crippen LogP contribution in [0.4, 0.5) is 28.4 Å². The van der Waals surface area contributed by atoms with Crippen molar-refractivity contribution in [3.63, 3.8) is 0 Å². The summed E-state index contributed by atoms with van der Waals surface area (Å²) in [6.07, 6.45) is 13.5. The second-order valence-corrected chi connectivity index (χ2v) is 19.5. The highest BCUT2D eigenvalue weighted by atomic mass is 15.2. The number of allylic oxidation sites excluding steroid dienone is 4. The molecule has 0 saturated carbocycles. The van der Waals surface area contributed by atoms with Crippen LogP contribution in [0.2, 0.25) is 0 Å². The molecule has 0 amide bonds. The van der Waals surface area contributed by atoms with Crippen LogP contribution in [0.5, 0.6) is 0 Å². The molecular weight excluding hydrogens is 809 g/mol. The molecule has 13 rings (SSSR count). The number of aryl methyl sites for hydroxylation is 4. The largest absolute Gasteiger partial charge is 0.314 e. The summed E-state index contributed by atoms with van der Waals surface area (Å²) in [6.45, 7) is 4.86. The maximum atomic E-state index is 2.58. The Bertz CT molecular complexity index is 3480. The molecule has 9 aromatic rings. The Balaban J connectivity index is 0.799. The number of benzene rings is 9. The Labute approximate surface area is 394 Å². The summed E-state index contributed by atoms with van der Waals surface area (Å²) < 4.78 is 0. The highest BCUT2D eigenvalue weighted by molar-refractivity contribution is 6.04. The van der Waals surface area contributed by atoms with Crippen LogP contribution in [0, 0.1) is 0 Å². The molecule has 2 heterocycles. The Kier molecular flexibility index (Phi) is 9.32. The molecule has 0 atom stereocenters. The lowest BCUT2D eigenvalue weighted by Gasteiger charge is -2.33. The molecule has 2 heteroatoms. The van der Waals surface area contributed by atoms with Crippen LogP contribution >= 0.6 is 0 Å². The maximum Gasteiger partial charge on any atom is 0.0493 e. The lowest BCUT2D eigenvalue weighted by Crippen LogP contribution is -2.22. The van der Waals surface area contributed by atoms with Crippen LogP contribution in [0.25, 0.3) is 50.4 Å². The Hall–Kier alpha value is -7.68. The minimum Gasteiger partial charge on any atom is -0.314 e. The fraction of sp³-hybridized carbons (Fsp3) is 0.138. The average molecular weight is 861 g/mol. The summed E-state index contributed by atoms with van der Waals surface area (Å²) in [6, 6.07) is 70.5. The van der Waals surface area contributed by atoms with E-state index >= 15 is 0 Å². The number of fused-ring (bicyclic) bond motifs is 8. The number of anilines is 5. The zero-order chi connectivity index (χ0) is 44.6. The van der Waals surface area contributed by atoms with Crippen LogP contribution in [-0.4, -0.2) is 0 Å². The van der Waals surface area contributed by atoms with Crippen LogP contribution < -0.4 is 9.80 Å². The van der Waals surface area contributed by atoms with Gasteiger partial charge in [-0.1, -0.05) is 172 Å². The van der Waals surface area contributed by atoms with Crippen molar-refractivity contribution in [2.45, 2.75) is 57.8 Å². The monoisotopic (exact) mass is 860 g/mol. The predicted molar refractivity (Wildman–Crippen MR) is 284 cm³/mol. The normalized spacial score (nSPS) is 15.9. The van der Waals surface area contributed by atoms with E-state index in [-0.39, 0.29) is 5.41 Å². The van der Waals surface area contributed by atoms with Crippen LogP contribution in [0.15, 0.2) is 205 Å². The third-order valence-corrected chi connectivity index (χ3v) is 15.3. The van der Waals surface area contributed by atoms with E-state index in [4.69, 9.17) is 0 Å². The molecule has 0 unspecified atom stereocenters. The average Bonchev–Trinajstić information content (AvgIpc) is 3.50. The summed E-state index contributed by atoms with van der Waals surface area (Å²) in [5.41, 5.74) is 24.1. The van der Waals surface area contributed by atoms with Gasteiger partial charge in [0.25, 0.3) is 0 Å².